The largest absolute Gasteiger partial charge is 0.378 e. The number of aliphatic hydroxyl groups excluding tert-OH is 2. The van der Waals surface area contributed by atoms with Gasteiger partial charge in [0.05, 0.1) is 0 Å². The molecular formula is C28H46Cl2N2O2S2. The Kier molecular flexibility index (Phi) is 15.7. The Balaban J connectivity index is 0.00000612. The van der Waals surface area contributed by atoms with Gasteiger partial charge in [-0.3, -0.25) is 10.6 Å². The van der Waals surface area contributed by atoms with Crippen molar-refractivity contribution in [2.45, 2.75) is 91.8 Å². The third-order valence-electron chi connectivity index (χ3n) is 5.63. The van der Waals surface area contributed by atoms with Gasteiger partial charge in [0.15, 0.2) is 0 Å². The molecule has 2 unspecified atom stereocenters. The lowest BCUT2D eigenvalue weighted by atomic mass is 9.85. The van der Waals surface area contributed by atoms with Gasteiger partial charge in [0.2, 0.25) is 0 Å². The minimum absolute atomic E-state index is 0. The number of hydrogen-bond donors (Lipinski definition) is 4. The van der Waals surface area contributed by atoms with Crippen molar-refractivity contribution in [3.05, 3.63) is 69.8 Å². The Morgan fingerprint density at radius 1 is 0.639 bits per heavy atom. The number of rotatable bonds is 11. The maximum Gasteiger partial charge on any atom is 0.115 e. The van der Waals surface area contributed by atoms with E-state index in [1.54, 1.807) is 21.6 Å². The Bertz CT molecular complexity index is 855. The molecule has 2 aromatic rings. The number of hydrogen-bond acceptors (Lipinski definition) is 6. The Hall–Kier alpha value is -0.440. The molecule has 0 heterocycles. The van der Waals surface area contributed by atoms with Crippen molar-refractivity contribution in [2.75, 3.05) is 11.5 Å². The summed E-state index contributed by atoms with van der Waals surface area (Å²) in [5.74, 6) is 1.12. The summed E-state index contributed by atoms with van der Waals surface area (Å²) < 4.78 is 0. The maximum atomic E-state index is 10.3. The lowest BCUT2D eigenvalue weighted by Gasteiger charge is -2.21. The van der Waals surface area contributed by atoms with E-state index in [4.69, 9.17) is 0 Å². The van der Waals surface area contributed by atoms with Crippen LogP contribution in [0.4, 0.5) is 0 Å². The van der Waals surface area contributed by atoms with Gasteiger partial charge >= 0.3 is 0 Å². The van der Waals surface area contributed by atoms with Crippen LogP contribution >= 0.6 is 46.4 Å². The fraction of sp³-hybridized carbons (Fsp3) is 0.571. The molecule has 0 aliphatic rings. The quantitative estimate of drug-likeness (QED) is 0.136. The van der Waals surface area contributed by atoms with Crippen LogP contribution in [0.15, 0.2) is 36.4 Å². The molecule has 2 aromatic carbocycles. The van der Waals surface area contributed by atoms with Crippen molar-refractivity contribution in [3.8, 4) is 0 Å². The summed E-state index contributed by atoms with van der Waals surface area (Å²) >= 11 is 0. The molecule has 2 atom stereocenters. The van der Waals surface area contributed by atoms with E-state index >= 15 is 0 Å². The van der Waals surface area contributed by atoms with Crippen LogP contribution in [0.25, 0.3) is 0 Å². The zero-order chi connectivity index (χ0) is 25.5. The van der Waals surface area contributed by atoms with E-state index in [9.17, 15) is 10.2 Å². The average molecular weight is 578 g/mol. The van der Waals surface area contributed by atoms with Crippen LogP contribution in [-0.2, 0) is 23.9 Å². The highest BCUT2D eigenvalue weighted by molar-refractivity contribution is 8.76. The standard InChI is InChI=1S/C28H44N2O2S2.2ClH/c1-19-9-21(13-23(11-19)27(3,4)5)15-29-25(31)17-33-34-18-26(32)30-16-22-10-20(2)12-24(14-22)28(6,7)8;;/h9-14,25-26,29-32H,15-18H2,1-8H3;2*1H. The molecule has 0 amide bonds. The second-order valence-electron chi connectivity index (χ2n) is 11.3. The SMILES string of the molecule is Cc1cc(CNC(O)CSSCC(O)NCc2cc(C)cc(C(C)(C)C)c2)cc(C(C)(C)C)c1.Cl.Cl. The van der Waals surface area contributed by atoms with Crippen molar-refractivity contribution in [1.29, 1.82) is 0 Å². The minimum atomic E-state index is -0.593. The van der Waals surface area contributed by atoms with E-state index in [0.717, 1.165) is 0 Å². The summed E-state index contributed by atoms with van der Waals surface area (Å²) in [5, 5.41) is 27.1. The lowest BCUT2D eigenvalue weighted by molar-refractivity contribution is 0.158. The van der Waals surface area contributed by atoms with Gasteiger partial charge in [-0.2, -0.15) is 0 Å². The van der Waals surface area contributed by atoms with E-state index in [2.05, 4.69) is 102 Å². The van der Waals surface area contributed by atoms with Gasteiger partial charge in [0, 0.05) is 24.6 Å². The van der Waals surface area contributed by atoms with Crippen molar-refractivity contribution in [2.24, 2.45) is 0 Å². The van der Waals surface area contributed by atoms with Gasteiger partial charge in [-0.05, 0) is 46.9 Å². The fourth-order valence-electron chi connectivity index (χ4n) is 3.61. The van der Waals surface area contributed by atoms with E-state index in [1.807, 2.05) is 0 Å². The molecule has 0 spiro atoms. The van der Waals surface area contributed by atoms with Crippen LogP contribution in [0.2, 0.25) is 0 Å². The second-order valence-corrected chi connectivity index (χ2v) is 13.8. The minimum Gasteiger partial charge on any atom is -0.378 e. The van der Waals surface area contributed by atoms with Crippen molar-refractivity contribution in [1.82, 2.24) is 10.6 Å². The third-order valence-corrected chi connectivity index (χ3v) is 8.01. The second kappa shape index (κ2) is 15.8. The molecule has 0 aromatic heterocycles. The normalized spacial score (nSPS) is 13.5. The predicted molar refractivity (Wildman–Crippen MR) is 165 cm³/mol. The van der Waals surface area contributed by atoms with E-state index in [-0.39, 0.29) is 35.6 Å². The summed E-state index contributed by atoms with van der Waals surface area (Å²) in [6.45, 7) is 18.8. The van der Waals surface area contributed by atoms with Gasteiger partial charge in [-0.25, -0.2) is 0 Å². The van der Waals surface area contributed by atoms with Crippen LogP contribution in [0.5, 0.6) is 0 Å². The molecule has 0 bridgehead atoms. The number of aryl methyl sites for hydroxylation is 2. The van der Waals surface area contributed by atoms with Crippen LogP contribution in [0.3, 0.4) is 0 Å². The monoisotopic (exact) mass is 576 g/mol. The summed E-state index contributed by atoms with van der Waals surface area (Å²) in [7, 11) is 3.14. The fourth-order valence-corrected chi connectivity index (χ4v) is 5.65. The highest BCUT2D eigenvalue weighted by Crippen LogP contribution is 2.26. The van der Waals surface area contributed by atoms with Gasteiger partial charge in [0.25, 0.3) is 0 Å². The lowest BCUT2D eigenvalue weighted by Crippen LogP contribution is -2.31. The van der Waals surface area contributed by atoms with E-state index in [0.29, 0.717) is 24.6 Å². The van der Waals surface area contributed by atoms with E-state index < -0.39 is 12.5 Å². The molecular weight excluding hydrogens is 531 g/mol. The number of halogens is 2. The van der Waals surface area contributed by atoms with Gasteiger partial charge in [-0.1, -0.05) is 111 Å². The summed E-state index contributed by atoms with van der Waals surface area (Å²) in [6, 6.07) is 13.2. The zero-order valence-electron chi connectivity index (χ0n) is 23.0. The van der Waals surface area contributed by atoms with Gasteiger partial charge in [-0.15, -0.1) is 24.8 Å². The first-order valence-electron chi connectivity index (χ1n) is 12.0. The third kappa shape index (κ3) is 12.9. The first-order valence-corrected chi connectivity index (χ1v) is 14.5. The topological polar surface area (TPSA) is 64.5 Å². The Morgan fingerprint density at radius 2 is 0.972 bits per heavy atom. The number of benzene rings is 2. The van der Waals surface area contributed by atoms with Crippen LogP contribution in [0.1, 0.15) is 74.9 Å². The maximum absolute atomic E-state index is 10.3. The molecule has 2 rings (SSSR count). The van der Waals surface area contributed by atoms with Crippen molar-refractivity contribution in [3.63, 3.8) is 0 Å². The Labute approximate surface area is 239 Å². The number of aliphatic hydroxyl groups is 2. The van der Waals surface area contributed by atoms with Crippen molar-refractivity contribution >= 4 is 46.4 Å². The molecule has 0 saturated heterocycles. The molecule has 0 aliphatic heterocycles. The molecule has 0 aliphatic carbocycles. The Morgan fingerprint density at radius 3 is 1.28 bits per heavy atom. The molecule has 36 heavy (non-hydrogen) atoms. The molecule has 4 N–H and O–H groups in total. The summed E-state index contributed by atoms with van der Waals surface area (Å²) in [6.07, 6.45) is -1.19. The average Bonchev–Trinajstić information content (AvgIpc) is 2.72. The zero-order valence-corrected chi connectivity index (χ0v) is 26.2. The highest BCUT2D eigenvalue weighted by atomic mass is 35.5. The van der Waals surface area contributed by atoms with Crippen molar-refractivity contribution < 1.29 is 10.2 Å². The molecule has 8 heteroatoms. The van der Waals surface area contributed by atoms with Gasteiger partial charge < -0.3 is 10.2 Å². The molecule has 4 nitrogen and oxygen atoms in total. The smallest absolute Gasteiger partial charge is 0.115 e. The molecule has 0 saturated carbocycles. The van der Waals surface area contributed by atoms with Crippen LogP contribution < -0.4 is 10.6 Å². The molecule has 206 valence electrons. The predicted octanol–water partition coefficient (Wildman–Crippen LogP) is 6.64. The van der Waals surface area contributed by atoms with E-state index in [1.165, 1.54) is 33.4 Å². The van der Waals surface area contributed by atoms with Gasteiger partial charge in [0.1, 0.15) is 12.5 Å². The first kappa shape index (κ1) is 35.6. The molecule has 0 radical (unpaired) electrons. The number of nitrogens with one attached hydrogen (secondary N) is 2. The highest BCUT2D eigenvalue weighted by Gasteiger charge is 2.16. The first-order chi connectivity index (χ1) is 15.7. The van der Waals surface area contributed by atoms with Crippen LogP contribution in [0, 0.1) is 13.8 Å². The summed E-state index contributed by atoms with van der Waals surface area (Å²) in [4.78, 5) is 0. The van der Waals surface area contributed by atoms with Crippen LogP contribution in [-0.4, -0.2) is 34.2 Å². The molecule has 0 fully saturated rings. The summed E-state index contributed by atoms with van der Waals surface area (Å²) in [5.41, 5.74) is 7.69.